The molecule has 1 aromatic rings. The van der Waals surface area contributed by atoms with E-state index in [9.17, 15) is 9.50 Å². The molecule has 1 aromatic carbocycles. The van der Waals surface area contributed by atoms with Crippen molar-refractivity contribution in [1.82, 2.24) is 0 Å². The monoisotopic (exact) mass is 225 g/mol. The van der Waals surface area contributed by atoms with Crippen LogP contribution in [-0.2, 0) is 6.61 Å². The molecular formula is C13H20FNO. The van der Waals surface area contributed by atoms with E-state index in [0.29, 0.717) is 5.56 Å². The molecule has 0 radical (unpaired) electrons. The first kappa shape index (κ1) is 13.0. The lowest BCUT2D eigenvalue weighted by molar-refractivity contribution is 0.275. The molecule has 0 saturated carbocycles. The predicted octanol–water partition coefficient (Wildman–Crippen LogP) is 2.80. The Labute approximate surface area is 96.7 Å². The van der Waals surface area contributed by atoms with E-state index < -0.39 is 0 Å². The molecule has 0 saturated heterocycles. The van der Waals surface area contributed by atoms with Crippen LogP contribution < -0.4 is 4.90 Å². The summed E-state index contributed by atoms with van der Waals surface area (Å²) >= 11 is 0. The van der Waals surface area contributed by atoms with Crippen LogP contribution in [-0.4, -0.2) is 18.7 Å². The Kier molecular flexibility index (Phi) is 3.92. The summed E-state index contributed by atoms with van der Waals surface area (Å²) in [4.78, 5) is 1.98. The fraction of sp³-hybridized carbons (Fsp3) is 0.538. The van der Waals surface area contributed by atoms with E-state index in [1.54, 1.807) is 6.07 Å². The highest BCUT2D eigenvalue weighted by atomic mass is 19.1. The number of hydrogen-bond acceptors (Lipinski definition) is 2. The topological polar surface area (TPSA) is 23.5 Å². The van der Waals surface area contributed by atoms with Gasteiger partial charge in [-0.1, -0.05) is 26.8 Å². The molecule has 1 rings (SSSR count). The van der Waals surface area contributed by atoms with Crippen LogP contribution in [0.3, 0.4) is 0 Å². The van der Waals surface area contributed by atoms with Crippen LogP contribution in [0.4, 0.5) is 10.1 Å². The van der Waals surface area contributed by atoms with E-state index in [2.05, 4.69) is 20.8 Å². The molecule has 0 aliphatic carbocycles. The minimum Gasteiger partial charge on any atom is -0.391 e. The van der Waals surface area contributed by atoms with Crippen LogP contribution in [0.15, 0.2) is 18.2 Å². The second-order valence-electron chi connectivity index (χ2n) is 5.31. The third kappa shape index (κ3) is 3.20. The van der Waals surface area contributed by atoms with Crippen LogP contribution in [0.2, 0.25) is 0 Å². The third-order valence-electron chi connectivity index (χ3n) is 2.38. The number of hydrogen-bond donors (Lipinski definition) is 1. The maximum Gasteiger partial charge on any atom is 0.130 e. The summed E-state index contributed by atoms with van der Waals surface area (Å²) in [6, 6.07) is 4.88. The van der Waals surface area contributed by atoms with Gasteiger partial charge in [0.2, 0.25) is 0 Å². The minimum absolute atomic E-state index is 0.133. The van der Waals surface area contributed by atoms with Gasteiger partial charge in [0.1, 0.15) is 5.82 Å². The molecule has 0 bridgehead atoms. The maximum absolute atomic E-state index is 13.5. The van der Waals surface area contributed by atoms with Gasteiger partial charge in [0.25, 0.3) is 0 Å². The molecule has 3 heteroatoms. The lowest BCUT2D eigenvalue weighted by Crippen LogP contribution is -2.30. The number of halogens is 1. The highest BCUT2D eigenvalue weighted by molar-refractivity contribution is 5.53. The summed E-state index contributed by atoms with van der Waals surface area (Å²) in [6.45, 7) is 6.92. The quantitative estimate of drug-likeness (QED) is 0.855. The lowest BCUT2D eigenvalue weighted by atomic mass is 9.95. The number of anilines is 1. The standard InChI is InChI=1S/C13H20FNO/c1-13(2,3)9-15(4)12-7-5-6-11(14)10(12)8-16/h5-7,16H,8-9H2,1-4H3. The van der Waals surface area contributed by atoms with Crippen molar-refractivity contribution in [3.05, 3.63) is 29.6 Å². The van der Waals surface area contributed by atoms with Gasteiger partial charge in [0.15, 0.2) is 0 Å². The van der Waals surface area contributed by atoms with Gasteiger partial charge >= 0.3 is 0 Å². The first-order valence-electron chi connectivity index (χ1n) is 5.44. The Bertz CT molecular complexity index is 357. The average Bonchev–Trinajstić information content (AvgIpc) is 2.14. The zero-order valence-corrected chi connectivity index (χ0v) is 10.4. The second-order valence-corrected chi connectivity index (χ2v) is 5.31. The minimum atomic E-state index is -0.347. The molecule has 0 aliphatic heterocycles. The molecule has 0 amide bonds. The molecule has 1 N–H and O–H groups in total. The molecule has 0 unspecified atom stereocenters. The smallest absolute Gasteiger partial charge is 0.130 e. The summed E-state index contributed by atoms with van der Waals surface area (Å²) in [5, 5.41) is 9.18. The number of rotatable bonds is 3. The van der Waals surface area contributed by atoms with E-state index in [1.165, 1.54) is 6.07 Å². The van der Waals surface area contributed by atoms with Crippen LogP contribution in [0.1, 0.15) is 26.3 Å². The molecule has 16 heavy (non-hydrogen) atoms. The molecule has 0 atom stereocenters. The Morgan fingerprint density at radius 3 is 2.44 bits per heavy atom. The summed E-state index contributed by atoms with van der Waals surface area (Å²) in [5.41, 5.74) is 1.26. The van der Waals surface area contributed by atoms with E-state index in [1.807, 2.05) is 18.0 Å². The van der Waals surface area contributed by atoms with Gasteiger partial charge in [-0.2, -0.15) is 0 Å². The molecule has 2 nitrogen and oxygen atoms in total. The van der Waals surface area contributed by atoms with Crippen molar-refractivity contribution < 1.29 is 9.50 Å². The van der Waals surface area contributed by atoms with Crippen molar-refractivity contribution in [2.45, 2.75) is 27.4 Å². The van der Waals surface area contributed by atoms with Crippen molar-refractivity contribution in [3.63, 3.8) is 0 Å². The molecular weight excluding hydrogens is 205 g/mol. The van der Waals surface area contributed by atoms with Crippen LogP contribution in [0, 0.1) is 11.2 Å². The highest BCUT2D eigenvalue weighted by Gasteiger charge is 2.17. The van der Waals surface area contributed by atoms with Gasteiger partial charge in [-0.3, -0.25) is 0 Å². The van der Waals surface area contributed by atoms with Gasteiger partial charge in [-0.25, -0.2) is 4.39 Å². The lowest BCUT2D eigenvalue weighted by Gasteiger charge is -2.29. The van der Waals surface area contributed by atoms with Crippen molar-refractivity contribution in [1.29, 1.82) is 0 Å². The first-order chi connectivity index (χ1) is 7.35. The normalized spacial score (nSPS) is 11.6. The van der Waals surface area contributed by atoms with Crippen LogP contribution in [0.25, 0.3) is 0 Å². The molecule has 0 fully saturated rings. The van der Waals surface area contributed by atoms with Gasteiger partial charge in [0.05, 0.1) is 6.61 Å². The Hall–Kier alpha value is -1.09. The van der Waals surface area contributed by atoms with Crippen LogP contribution >= 0.6 is 0 Å². The fourth-order valence-electron chi connectivity index (χ4n) is 1.86. The zero-order chi connectivity index (χ0) is 12.3. The number of nitrogens with zero attached hydrogens (tertiary/aromatic N) is 1. The van der Waals surface area contributed by atoms with E-state index >= 15 is 0 Å². The first-order valence-corrected chi connectivity index (χ1v) is 5.44. The fourth-order valence-corrected chi connectivity index (χ4v) is 1.86. The van der Waals surface area contributed by atoms with E-state index in [4.69, 9.17) is 0 Å². The maximum atomic E-state index is 13.5. The Balaban J connectivity index is 2.99. The van der Waals surface area contributed by atoms with Gasteiger partial charge in [0, 0.05) is 24.8 Å². The molecule has 0 aromatic heterocycles. The van der Waals surface area contributed by atoms with Crippen molar-refractivity contribution in [3.8, 4) is 0 Å². The third-order valence-corrected chi connectivity index (χ3v) is 2.38. The SMILES string of the molecule is CN(CC(C)(C)C)c1cccc(F)c1CO. The largest absolute Gasteiger partial charge is 0.391 e. The van der Waals surface area contributed by atoms with Crippen molar-refractivity contribution in [2.24, 2.45) is 5.41 Å². The Morgan fingerprint density at radius 2 is 1.94 bits per heavy atom. The van der Waals surface area contributed by atoms with Gasteiger partial charge in [-0.05, 0) is 17.5 Å². The molecule has 0 heterocycles. The van der Waals surface area contributed by atoms with Crippen LogP contribution in [0.5, 0.6) is 0 Å². The van der Waals surface area contributed by atoms with Gasteiger partial charge in [-0.15, -0.1) is 0 Å². The van der Waals surface area contributed by atoms with E-state index in [0.717, 1.165) is 12.2 Å². The van der Waals surface area contributed by atoms with Crippen molar-refractivity contribution >= 4 is 5.69 Å². The van der Waals surface area contributed by atoms with Gasteiger partial charge < -0.3 is 10.0 Å². The Morgan fingerprint density at radius 1 is 1.31 bits per heavy atom. The predicted molar refractivity (Wildman–Crippen MR) is 65.0 cm³/mol. The number of aliphatic hydroxyl groups is 1. The summed E-state index contributed by atoms with van der Waals surface area (Å²) in [6.07, 6.45) is 0. The number of benzene rings is 1. The molecule has 90 valence electrons. The zero-order valence-electron chi connectivity index (χ0n) is 10.4. The summed E-state index contributed by atoms with van der Waals surface area (Å²) < 4.78 is 13.5. The summed E-state index contributed by atoms with van der Waals surface area (Å²) in [7, 11) is 1.92. The average molecular weight is 225 g/mol. The molecule has 0 spiro atoms. The highest BCUT2D eigenvalue weighted by Crippen LogP contribution is 2.25. The van der Waals surface area contributed by atoms with E-state index in [-0.39, 0.29) is 17.8 Å². The second kappa shape index (κ2) is 4.83. The summed E-state index contributed by atoms with van der Waals surface area (Å²) in [5.74, 6) is -0.347. The molecule has 0 aliphatic rings. The van der Waals surface area contributed by atoms with Crippen molar-refractivity contribution in [2.75, 3.05) is 18.5 Å². The number of aliphatic hydroxyl groups excluding tert-OH is 1.